The molecule has 0 bridgehead atoms. The van der Waals surface area contributed by atoms with E-state index >= 15 is 0 Å². The van der Waals surface area contributed by atoms with Gasteiger partial charge in [-0.1, -0.05) is 23.7 Å². The minimum absolute atomic E-state index is 0.0544. The van der Waals surface area contributed by atoms with E-state index in [4.69, 9.17) is 17.3 Å². The highest BCUT2D eigenvalue weighted by atomic mass is 35.5. The zero-order chi connectivity index (χ0) is 18.1. The number of hydrogen-bond acceptors (Lipinski definition) is 3. The zero-order valence-electron chi connectivity index (χ0n) is 11.8. The van der Waals surface area contributed by atoms with Crippen LogP contribution in [0.1, 0.15) is 15.9 Å². The second-order valence-corrected chi connectivity index (χ2v) is 6.72. The monoisotopic (exact) mass is 378 g/mol. The fourth-order valence-electron chi connectivity index (χ4n) is 1.89. The standard InChI is InChI=1S/C14H10ClF3N2O3S/c15-10-6-5-8(13(19)21)7-11(10)20-24(22,23)12-4-2-1-3-9(12)14(16,17)18/h1-7,20H,(H2,19,21). The first-order valence-corrected chi connectivity index (χ1v) is 8.17. The summed E-state index contributed by atoms with van der Waals surface area (Å²) in [6, 6.07) is 7.19. The van der Waals surface area contributed by atoms with Crippen LogP contribution in [0.15, 0.2) is 47.4 Å². The molecule has 128 valence electrons. The molecule has 0 saturated heterocycles. The highest BCUT2D eigenvalue weighted by Crippen LogP contribution is 2.35. The van der Waals surface area contributed by atoms with Gasteiger partial charge in [-0.25, -0.2) is 8.42 Å². The van der Waals surface area contributed by atoms with Crippen molar-refractivity contribution in [1.29, 1.82) is 0 Å². The van der Waals surface area contributed by atoms with Gasteiger partial charge in [0.05, 0.1) is 21.2 Å². The molecular formula is C14H10ClF3N2O3S. The van der Waals surface area contributed by atoms with Gasteiger partial charge >= 0.3 is 6.18 Å². The quantitative estimate of drug-likeness (QED) is 0.855. The van der Waals surface area contributed by atoms with Gasteiger partial charge in [-0.3, -0.25) is 9.52 Å². The van der Waals surface area contributed by atoms with Crippen LogP contribution in [-0.4, -0.2) is 14.3 Å². The van der Waals surface area contributed by atoms with E-state index in [-0.39, 0.29) is 16.3 Å². The van der Waals surface area contributed by atoms with Crippen molar-refractivity contribution in [1.82, 2.24) is 0 Å². The SMILES string of the molecule is NC(=O)c1ccc(Cl)c(NS(=O)(=O)c2ccccc2C(F)(F)F)c1. The molecular weight excluding hydrogens is 369 g/mol. The largest absolute Gasteiger partial charge is 0.417 e. The Labute approximate surface area is 140 Å². The Bertz CT molecular complexity index is 898. The molecule has 0 aliphatic carbocycles. The molecule has 3 N–H and O–H groups in total. The average molecular weight is 379 g/mol. The van der Waals surface area contributed by atoms with Crippen molar-refractivity contribution in [2.24, 2.45) is 5.73 Å². The molecule has 0 heterocycles. The molecule has 2 rings (SSSR count). The third kappa shape index (κ3) is 3.80. The second-order valence-electron chi connectivity index (χ2n) is 4.66. The van der Waals surface area contributed by atoms with Crippen LogP contribution in [0.2, 0.25) is 5.02 Å². The molecule has 0 atom stereocenters. The van der Waals surface area contributed by atoms with Crippen molar-refractivity contribution in [3.63, 3.8) is 0 Å². The van der Waals surface area contributed by atoms with Gasteiger partial charge in [0.1, 0.15) is 0 Å². The summed E-state index contributed by atoms with van der Waals surface area (Å²) >= 11 is 5.82. The van der Waals surface area contributed by atoms with Crippen molar-refractivity contribution in [2.45, 2.75) is 11.1 Å². The van der Waals surface area contributed by atoms with E-state index in [0.717, 1.165) is 24.3 Å². The maximum absolute atomic E-state index is 13.0. The number of amides is 1. The van der Waals surface area contributed by atoms with E-state index in [2.05, 4.69) is 0 Å². The van der Waals surface area contributed by atoms with Crippen LogP contribution in [0.5, 0.6) is 0 Å². The molecule has 0 saturated carbocycles. The highest BCUT2D eigenvalue weighted by molar-refractivity contribution is 7.92. The maximum Gasteiger partial charge on any atom is 0.417 e. The van der Waals surface area contributed by atoms with E-state index in [9.17, 15) is 26.4 Å². The molecule has 0 aromatic heterocycles. The molecule has 2 aromatic carbocycles. The fraction of sp³-hybridized carbons (Fsp3) is 0.0714. The molecule has 2 aromatic rings. The molecule has 0 fully saturated rings. The lowest BCUT2D eigenvalue weighted by molar-refractivity contribution is -0.139. The number of hydrogen-bond donors (Lipinski definition) is 2. The Morgan fingerprint density at radius 3 is 2.33 bits per heavy atom. The smallest absolute Gasteiger partial charge is 0.366 e. The summed E-state index contributed by atoms with van der Waals surface area (Å²) < 4.78 is 65.5. The Balaban J connectivity index is 2.51. The summed E-state index contributed by atoms with van der Waals surface area (Å²) in [5.41, 5.74) is 3.45. The molecule has 0 aliphatic rings. The Hall–Kier alpha value is -2.26. The average Bonchev–Trinajstić information content (AvgIpc) is 2.48. The first-order chi connectivity index (χ1) is 11.0. The number of carbonyl (C=O) groups is 1. The van der Waals surface area contributed by atoms with Crippen LogP contribution in [-0.2, 0) is 16.2 Å². The second kappa shape index (κ2) is 6.33. The molecule has 1 amide bonds. The molecule has 24 heavy (non-hydrogen) atoms. The van der Waals surface area contributed by atoms with Crippen LogP contribution in [0.25, 0.3) is 0 Å². The van der Waals surface area contributed by atoms with Crippen molar-refractivity contribution in [2.75, 3.05) is 4.72 Å². The Kier molecular flexibility index (Phi) is 4.77. The van der Waals surface area contributed by atoms with Gasteiger partial charge in [-0.15, -0.1) is 0 Å². The van der Waals surface area contributed by atoms with Crippen LogP contribution < -0.4 is 10.5 Å². The number of halogens is 4. The number of benzene rings is 2. The Morgan fingerprint density at radius 2 is 1.75 bits per heavy atom. The van der Waals surface area contributed by atoms with Gasteiger partial charge < -0.3 is 5.73 Å². The summed E-state index contributed by atoms with van der Waals surface area (Å²) in [6.07, 6.45) is -4.86. The van der Waals surface area contributed by atoms with Gasteiger partial charge in [-0.2, -0.15) is 13.2 Å². The summed E-state index contributed by atoms with van der Waals surface area (Å²) in [4.78, 5) is 10.2. The minimum atomic E-state index is -4.86. The van der Waals surface area contributed by atoms with E-state index in [1.165, 1.54) is 12.1 Å². The van der Waals surface area contributed by atoms with Crippen LogP contribution >= 0.6 is 11.6 Å². The van der Waals surface area contributed by atoms with Gasteiger partial charge in [-0.05, 0) is 30.3 Å². The predicted octanol–water partition coefficient (Wildman–Crippen LogP) is 3.26. The lowest BCUT2D eigenvalue weighted by atomic mass is 10.2. The molecule has 0 aliphatic heterocycles. The van der Waals surface area contributed by atoms with E-state index < -0.39 is 32.6 Å². The van der Waals surface area contributed by atoms with Crippen molar-refractivity contribution < 1.29 is 26.4 Å². The molecule has 0 unspecified atom stereocenters. The number of nitrogens with two attached hydrogens (primary N) is 1. The minimum Gasteiger partial charge on any atom is -0.366 e. The maximum atomic E-state index is 13.0. The third-order valence-electron chi connectivity index (χ3n) is 2.98. The number of carbonyl (C=O) groups excluding carboxylic acids is 1. The van der Waals surface area contributed by atoms with E-state index in [0.29, 0.717) is 6.07 Å². The Morgan fingerprint density at radius 1 is 1.12 bits per heavy atom. The number of anilines is 1. The molecule has 5 nitrogen and oxygen atoms in total. The van der Waals surface area contributed by atoms with E-state index in [1.54, 1.807) is 0 Å². The van der Waals surface area contributed by atoms with Gasteiger partial charge in [0.15, 0.2) is 0 Å². The summed E-state index contributed by atoms with van der Waals surface area (Å²) in [6.45, 7) is 0. The summed E-state index contributed by atoms with van der Waals surface area (Å²) in [5, 5.41) is -0.104. The number of rotatable bonds is 4. The topological polar surface area (TPSA) is 89.3 Å². The number of sulfonamides is 1. The fourth-order valence-corrected chi connectivity index (χ4v) is 3.41. The van der Waals surface area contributed by atoms with Crippen LogP contribution in [0.3, 0.4) is 0 Å². The first kappa shape index (κ1) is 18.1. The molecule has 10 heteroatoms. The van der Waals surface area contributed by atoms with Crippen molar-refractivity contribution >= 4 is 33.2 Å². The first-order valence-electron chi connectivity index (χ1n) is 6.31. The van der Waals surface area contributed by atoms with E-state index in [1.807, 2.05) is 4.72 Å². The third-order valence-corrected chi connectivity index (χ3v) is 4.73. The highest BCUT2D eigenvalue weighted by Gasteiger charge is 2.37. The molecule has 0 spiro atoms. The summed E-state index contributed by atoms with van der Waals surface area (Å²) in [5.74, 6) is -0.845. The van der Waals surface area contributed by atoms with Crippen LogP contribution in [0.4, 0.5) is 18.9 Å². The lowest BCUT2D eigenvalue weighted by Gasteiger charge is -2.15. The van der Waals surface area contributed by atoms with Crippen molar-refractivity contribution in [3.05, 3.63) is 58.6 Å². The molecule has 0 radical (unpaired) electrons. The predicted molar refractivity (Wildman–Crippen MR) is 82.2 cm³/mol. The lowest BCUT2D eigenvalue weighted by Crippen LogP contribution is -2.19. The van der Waals surface area contributed by atoms with Crippen molar-refractivity contribution in [3.8, 4) is 0 Å². The van der Waals surface area contributed by atoms with Crippen LogP contribution in [0, 0.1) is 0 Å². The van der Waals surface area contributed by atoms with Gasteiger partial charge in [0, 0.05) is 5.56 Å². The van der Waals surface area contributed by atoms with Gasteiger partial charge in [0.2, 0.25) is 5.91 Å². The number of nitrogens with one attached hydrogen (secondary N) is 1. The number of primary amides is 1. The van der Waals surface area contributed by atoms with Gasteiger partial charge in [0.25, 0.3) is 10.0 Å². The normalized spacial score (nSPS) is 12.0. The number of alkyl halides is 3. The zero-order valence-corrected chi connectivity index (χ0v) is 13.3. The summed E-state index contributed by atoms with van der Waals surface area (Å²) in [7, 11) is -4.60.